The lowest BCUT2D eigenvalue weighted by Crippen LogP contribution is -2.30. The second-order valence-electron chi connectivity index (χ2n) is 19.9. The lowest BCUT2D eigenvalue weighted by atomic mass is 10.0. The lowest BCUT2D eigenvalue weighted by molar-refractivity contribution is -0.167. The Hall–Kier alpha value is -3.15. The Labute approximate surface area is 433 Å². The van der Waals surface area contributed by atoms with Gasteiger partial charge < -0.3 is 14.2 Å². The summed E-state index contributed by atoms with van der Waals surface area (Å²) >= 11 is 0. The van der Waals surface area contributed by atoms with Crippen molar-refractivity contribution in [1.82, 2.24) is 0 Å². The molecule has 0 aliphatic carbocycles. The third kappa shape index (κ3) is 55.8. The van der Waals surface area contributed by atoms with Crippen LogP contribution in [0.15, 0.2) is 72.9 Å². The average Bonchev–Trinajstić information content (AvgIpc) is 3.36. The molecule has 1 atom stereocenters. The molecule has 6 heteroatoms. The van der Waals surface area contributed by atoms with Gasteiger partial charge in [0, 0.05) is 19.3 Å². The van der Waals surface area contributed by atoms with Crippen molar-refractivity contribution in [2.45, 2.75) is 303 Å². The van der Waals surface area contributed by atoms with Gasteiger partial charge in [-0.25, -0.2) is 0 Å². The molecule has 0 amide bonds. The summed E-state index contributed by atoms with van der Waals surface area (Å²) in [6.45, 7) is 6.50. The maximum atomic E-state index is 12.9. The Kier molecular flexibility index (Phi) is 55.8. The van der Waals surface area contributed by atoms with Gasteiger partial charge in [-0.2, -0.15) is 0 Å². The molecule has 0 aromatic carbocycles. The van der Waals surface area contributed by atoms with Crippen LogP contribution in [0.3, 0.4) is 0 Å². The largest absolute Gasteiger partial charge is 0.462 e. The summed E-state index contributed by atoms with van der Waals surface area (Å²) < 4.78 is 16.9. The van der Waals surface area contributed by atoms with Crippen LogP contribution in [-0.4, -0.2) is 37.2 Å². The highest BCUT2D eigenvalue weighted by Gasteiger charge is 2.19. The van der Waals surface area contributed by atoms with Gasteiger partial charge in [-0.3, -0.25) is 14.4 Å². The molecule has 0 saturated carbocycles. The normalized spacial score (nSPS) is 12.6. The van der Waals surface area contributed by atoms with Gasteiger partial charge in [0.2, 0.25) is 0 Å². The number of ether oxygens (including phenoxy) is 3. The van der Waals surface area contributed by atoms with Crippen molar-refractivity contribution < 1.29 is 28.6 Å². The maximum Gasteiger partial charge on any atom is 0.306 e. The van der Waals surface area contributed by atoms with E-state index < -0.39 is 6.10 Å². The maximum absolute atomic E-state index is 12.9. The molecule has 70 heavy (non-hydrogen) atoms. The SMILES string of the molecule is CC/C=C\C/C=C\C/C=C\C/C=C\CCCCC(=O)OCC(COC(=O)CCCCCCCCCCCCCCCCCCCCC)OC(=O)CCCCCCCCC/C=C\C/C=C\CCCCCC. The van der Waals surface area contributed by atoms with E-state index in [0.717, 1.165) is 96.3 Å². The molecule has 404 valence electrons. The molecule has 0 saturated heterocycles. The number of unbranched alkanes of at least 4 members (excludes halogenated alkanes) is 31. The van der Waals surface area contributed by atoms with E-state index in [1.165, 1.54) is 161 Å². The molecular weight excluding hydrogens is 865 g/mol. The van der Waals surface area contributed by atoms with Gasteiger partial charge in [0.25, 0.3) is 0 Å². The Morgan fingerprint density at radius 1 is 0.300 bits per heavy atom. The van der Waals surface area contributed by atoms with E-state index >= 15 is 0 Å². The summed E-state index contributed by atoms with van der Waals surface area (Å²) in [5, 5.41) is 0. The quantitative estimate of drug-likeness (QED) is 0.0261. The van der Waals surface area contributed by atoms with Crippen LogP contribution >= 0.6 is 0 Å². The van der Waals surface area contributed by atoms with E-state index in [0.29, 0.717) is 19.3 Å². The van der Waals surface area contributed by atoms with Crippen molar-refractivity contribution in [3.63, 3.8) is 0 Å². The predicted octanol–water partition coefficient (Wildman–Crippen LogP) is 20.2. The van der Waals surface area contributed by atoms with Crippen molar-refractivity contribution in [2.24, 2.45) is 0 Å². The third-order valence-corrected chi connectivity index (χ3v) is 12.9. The van der Waals surface area contributed by atoms with Crippen molar-refractivity contribution in [3.05, 3.63) is 72.9 Å². The Bertz CT molecular complexity index is 1310. The number of rotatable bonds is 54. The summed E-state index contributed by atoms with van der Waals surface area (Å²) in [6.07, 6.45) is 74.7. The molecule has 0 heterocycles. The van der Waals surface area contributed by atoms with E-state index in [9.17, 15) is 14.4 Å². The van der Waals surface area contributed by atoms with Crippen LogP contribution in [0, 0.1) is 0 Å². The van der Waals surface area contributed by atoms with Crippen LogP contribution in [0.4, 0.5) is 0 Å². The molecule has 0 bridgehead atoms. The van der Waals surface area contributed by atoms with Crippen molar-refractivity contribution >= 4 is 17.9 Å². The summed E-state index contributed by atoms with van der Waals surface area (Å²) in [5.74, 6) is -0.929. The average molecular weight is 978 g/mol. The van der Waals surface area contributed by atoms with Crippen molar-refractivity contribution in [1.29, 1.82) is 0 Å². The summed E-state index contributed by atoms with van der Waals surface area (Å²) in [6, 6.07) is 0. The Morgan fingerprint density at radius 2 is 0.557 bits per heavy atom. The summed E-state index contributed by atoms with van der Waals surface area (Å²) in [4.78, 5) is 38.2. The fourth-order valence-electron chi connectivity index (χ4n) is 8.47. The minimum atomic E-state index is -0.796. The molecule has 0 aromatic heterocycles. The summed E-state index contributed by atoms with van der Waals surface area (Å²) in [5.41, 5.74) is 0. The summed E-state index contributed by atoms with van der Waals surface area (Å²) in [7, 11) is 0. The Morgan fingerprint density at radius 3 is 0.914 bits per heavy atom. The van der Waals surface area contributed by atoms with Gasteiger partial charge in [-0.15, -0.1) is 0 Å². The molecule has 6 nitrogen and oxygen atoms in total. The van der Waals surface area contributed by atoms with Gasteiger partial charge in [0.15, 0.2) is 6.10 Å². The zero-order valence-electron chi connectivity index (χ0n) is 46.3. The first-order valence-corrected chi connectivity index (χ1v) is 29.9. The van der Waals surface area contributed by atoms with Gasteiger partial charge in [0.1, 0.15) is 13.2 Å². The molecule has 0 aliphatic rings. The standard InChI is InChI=1S/C64H112O6/c1-4-7-10-13-16-19-22-25-28-30-32-34-36-39-42-45-48-51-54-57-63(66)69-60-61(59-68-62(65)56-53-50-47-44-41-38-35-27-24-21-18-15-12-9-6-3)70-64(67)58-55-52-49-46-43-40-37-33-31-29-26-23-20-17-14-11-8-5-2/h9,12,18,20-21,23,27,29,31,35,41,44,61H,4-8,10-11,13-17,19,22,24-26,28,30,32-34,36-40,42-43,45-60H2,1-3H3/b12-9-,21-18-,23-20-,31-29-,35-27-,44-41-. The number of esters is 3. The predicted molar refractivity (Wildman–Crippen MR) is 302 cm³/mol. The zero-order chi connectivity index (χ0) is 50.7. The smallest absolute Gasteiger partial charge is 0.306 e. The highest BCUT2D eigenvalue weighted by molar-refractivity contribution is 5.71. The minimum absolute atomic E-state index is 0.0895. The van der Waals surface area contributed by atoms with E-state index in [-0.39, 0.29) is 31.1 Å². The van der Waals surface area contributed by atoms with Crippen LogP contribution in [0.2, 0.25) is 0 Å². The van der Waals surface area contributed by atoms with Gasteiger partial charge >= 0.3 is 17.9 Å². The third-order valence-electron chi connectivity index (χ3n) is 12.9. The lowest BCUT2D eigenvalue weighted by Gasteiger charge is -2.18. The molecule has 0 N–H and O–H groups in total. The number of carbonyl (C=O) groups is 3. The number of hydrogen-bond acceptors (Lipinski definition) is 6. The first-order valence-electron chi connectivity index (χ1n) is 29.9. The highest BCUT2D eigenvalue weighted by Crippen LogP contribution is 2.16. The van der Waals surface area contributed by atoms with Crippen LogP contribution < -0.4 is 0 Å². The van der Waals surface area contributed by atoms with Crippen LogP contribution in [-0.2, 0) is 28.6 Å². The second kappa shape index (κ2) is 58.4. The molecule has 0 radical (unpaired) electrons. The molecule has 0 aromatic rings. The fraction of sp³-hybridized carbons (Fsp3) is 0.766. The second-order valence-corrected chi connectivity index (χ2v) is 19.9. The van der Waals surface area contributed by atoms with Crippen molar-refractivity contribution in [2.75, 3.05) is 13.2 Å². The molecule has 0 spiro atoms. The molecule has 0 fully saturated rings. The van der Waals surface area contributed by atoms with Gasteiger partial charge in [-0.05, 0) is 89.9 Å². The first-order chi connectivity index (χ1) is 34.5. The molecule has 1 unspecified atom stereocenters. The van der Waals surface area contributed by atoms with Crippen LogP contribution in [0.5, 0.6) is 0 Å². The molecule has 0 rings (SSSR count). The number of hydrogen-bond donors (Lipinski definition) is 0. The topological polar surface area (TPSA) is 78.9 Å². The minimum Gasteiger partial charge on any atom is -0.462 e. The fourth-order valence-corrected chi connectivity index (χ4v) is 8.47. The molecule has 0 aliphatic heterocycles. The monoisotopic (exact) mass is 977 g/mol. The van der Waals surface area contributed by atoms with Crippen LogP contribution in [0.25, 0.3) is 0 Å². The number of allylic oxidation sites excluding steroid dienone is 12. The van der Waals surface area contributed by atoms with Crippen molar-refractivity contribution in [3.8, 4) is 0 Å². The zero-order valence-corrected chi connectivity index (χ0v) is 46.3. The van der Waals surface area contributed by atoms with Crippen LogP contribution in [0.1, 0.15) is 297 Å². The van der Waals surface area contributed by atoms with Gasteiger partial charge in [0.05, 0.1) is 0 Å². The van der Waals surface area contributed by atoms with E-state index in [1.54, 1.807) is 0 Å². The van der Waals surface area contributed by atoms with E-state index in [2.05, 4.69) is 93.7 Å². The van der Waals surface area contributed by atoms with Gasteiger partial charge in [-0.1, -0.05) is 261 Å². The first kappa shape index (κ1) is 66.9. The van der Waals surface area contributed by atoms with E-state index in [4.69, 9.17) is 14.2 Å². The highest BCUT2D eigenvalue weighted by atomic mass is 16.6. The Balaban J connectivity index is 4.41. The van der Waals surface area contributed by atoms with E-state index in [1.807, 2.05) is 0 Å². The molecular formula is C64H112O6. The number of carbonyl (C=O) groups excluding carboxylic acids is 3.